The Hall–Kier alpha value is -4.48. The molecule has 0 saturated heterocycles. The summed E-state index contributed by atoms with van der Waals surface area (Å²) in [6, 6.07) is 6.83. The van der Waals surface area contributed by atoms with Gasteiger partial charge in [-0.3, -0.25) is 9.59 Å². The third-order valence-corrected chi connectivity index (χ3v) is 5.24. The number of hydrazone groups is 2. The molecule has 2 aromatic carbocycles. The summed E-state index contributed by atoms with van der Waals surface area (Å²) in [4.78, 5) is 24.1. The van der Waals surface area contributed by atoms with Crippen molar-refractivity contribution in [3.63, 3.8) is 0 Å². The number of benzene rings is 2. The van der Waals surface area contributed by atoms with Crippen LogP contribution in [-0.2, 0) is 9.59 Å². The molecule has 0 aliphatic rings. The Morgan fingerprint density at radius 1 is 0.605 bits per heavy atom. The fraction of sp³-hybridized carbons (Fsp3) is 0.385. The lowest BCUT2D eigenvalue weighted by Crippen LogP contribution is -2.19. The van der Waals surface area contributed by atoms with Crippen molar-refractivity contribution < 1.29 is 38.0 Å². The van der Waals surface area contributed by atoms with Gasteiger partial charge < -0.3 is 28.4 Å². The second kappa shape index (κ2) is 15.6. The number of carbonyl (C=O) groups is 2. The highest BCUT2D eigenvalue weighted by Crippen LogP contribution is 2.38. The van der Waals surface area contributed by atoms with Crippen LogP contribution in [0.4, 0.5) is 0 Å². The van der Waals surface area contributed by atoms with Gasteiger partial charge >= 0.3 is 0 Å². The van der Waals surface area contributed by atoms with Crippen LogP contribution in [0.3, 0.4) is 0 Å². The minimum atomic E-state index is -0.269. The number of nitrogens with zero attached hydrogens (tertiary/aromatic N) is 2. The summed E-state index contributed by atoms with van der Waals surface area (Å²) in [6.07, 6.45) is 4.40. The first-order valence-corrected chi connectivity index (χ1v) is 11.6. The molecule has 0 heterocycles. The summed E-state index contributed by atoms with van der Waals surface area (Å²) < 4.78 is 31.7. The van der Waals surface area contributed by atoms with Gasteiger partial charge in [-0.1, -0.05) is 0 Å². The molecular formula is C26H34N4O8. The zero-order valence-electron chi connectivity index (χ0n) is 22.5. The van der Waals surface area contributed by atoms with Crippen molar-refractivity contribution in [2.75, 3.05) is 42.7 Å². The fourth-order valence-corrected chi connectivity index (χ4v) is 3.39. The minimum Gasteiger partial charge on any atom is -0.493 e. The third-order valence-electron chi connectivity index (χ3n) is 5.24. The molecule has 0 radical (unpaired) electrons. The van der Waals surface area contributed by atoms with E-state index >= 15 is 0 Å². The number of ether oxygens (including phenoxy) is 6. The van der Waals surface area contributed by atoms with Gasteiger partial charge in [0.2, 0.25) is 23.3 Å². The minimum absolute atomic E-state index is 0.217. The number of nitrogens with one attached hydrogen (secondary N) is 2. The lowest BCUT2D eigenvalue weighted by molar-refractivity contribution is -0.123. The molecule has 206 valence electrons. The van der Waals surface area contributed by atoms with Gasteiger partial charge in [0.15, 0.2) is 23.0 Å². The van der Waals surface area contributed by atoms with Gasteiger partial charge in [-0.2, -0.15) is 10.2 Å². The van der Waals surface area contributed by atoms with Crippen molar-refractivity contribution in [2.24, 2.45) is 10.2 Å². The highest BCUT2D eigenvalue weighted by atomic mass is 16.5. The maximum atomic E-state index is 12.1. The second-order valence-corrected chi connectivity index (χ2v) is 7.71. The van der Waals surface area contributed by atoms with Gasteiger partial charge in [0.05, 0.1) is 55.1 Å². The number of hydrogen-bond donors (Lipinski definition) is 2. The molecule has 0 fully saturated rings. The number of methoxy groups -OCH3 is 6. The van der Waals surface area contributed by atoms with Crippen LogP contribution in [0.25, 0.3) is 0 Å². The quantitative estimate of drug-likeness (QED) is 0.204. The molecule has 38 heavy (non-hydrogen) atoms. The van der Waals surface area contributed by atoms with Crippen LogP contribution in [-0.4, -0.2) is 66.9 Å². The maximum Gasteiger partial charge on any atom is 0.240 e. The van der Waals surface area contributed by atoms with Crippen LogP contribution in [0, 0.1) is 0 Å². The van der Waals surface area contributed by atoms with Crippen molar-refractivity contribution in [3.05, 3.63) is 35.4 Å². The lowest BCUT2D eigenvalue weighted by atomic mass is 10.2. The van der Waals surface area contributed by atoms with Crippen LogP contribution in [0.2, 0.25) is 0 Å². The normalized spacial score (nSPS) is 10.8. The molecule has 12 heteroatoms. The Morgan fingerprint density at radius 3 is 1.18 bits per heavy atom. The summed E-state index contributed by atoms with van der Waals surface area (Å²) in [7, 11) is 9.10. The number of unbranched alkanes of at least 4 members (excludes halogenated alkanes) is 1. The highest BCUT2D eigenvalue weighted by Gasteiger charge is 2.13. The molecule has 2 amide bonds. The molecule has 0 aliphatic heterocycles. The Kier molecular flexibility index (Phi) is 12.2. The molecule has 0 bridgehead atoms. The first-order chi connectivity index (χ1) is 18.4. The first kappa shape index (κ1) is 29.7. The van der Waals surface area contributed by atoms with Crippen molar-refractivity contribution in [2.45, 2.75) is 25.7 Å². The Morgan fingerprint density at radius 2 is 0.921 bits per heavy atom. The molecule has 0 atom stereocenters. The molecule has 0 aromatic heterocycles. The summed E-state index contributed by atoms with van der Waals surface area (Å²) >= 11 is 0. The van der Waals surface area contributed by atoms with E-state index in [-0.39, 0.29) is 24.7 Å². The van der Waals surface area contributed by atoms with Gasteiger partial charge in [-0.05, 0) is 37.1 Å². The van der Waals surface area contributed by atoms with E-state index in [2.05, 4.69) is 21.1 Å². The van der Waals surface area contributed by atoms with Crippen LogP contribution in [0.15, 0.2) is 34.5 Å². The highest BCUT2D eigenvalue weighted by molar-refractivity contribution is 5.85. The lowest BCUT2D eigenvalue weighted by Gasteiger charge is -2.12. The Bertz CT molecular complexity index is 1010. The van der Waals surface area contributed by atoms with E-state index in [9.17, 15) is 9.59 Å². The number of amides is 2. The van der Waals surface area contributed by atoms with E-state index in [1.165, 1.54) is 55.1 Å². The first-order valence-electron chi connectivity index (χ1n) is 11.6. The average Bonchev–Trinajstić information content (AvgIpc) is 2.93. The largest absolute Gasteiger partial charge is 0.493 e. The zero-order valence-corrected chi connectivity index (χ0v) is 22.5. The molecular weight excluding hydrogens is 496 g/mol. The Labute approximate surface area is 221 Å². The molecule has 0 aliphatic carbocycles. The number of rotatable bonds is 15. The predicted molar refractivity (Wildman–Crippen MR) is 142 cm³/mol. The smallest absolute Gasteiger partial charge is 0.240 e. The van der Waals surface area contributed by atoms with E-state index in [0.717, 1.165) is 0 Å². The Balaban J connectivity index is 1.76. The SMILES string of the molecule is COc1cc(/C=N/NC(=O)CCCCC(=O)N/N=C/c2cc(OC)c(OC)c(OC)c2)cc(OC)c1OC. The van der Waals surface area contributed by atoms with Crippen molar-refractivity contribution in [3.8, 4) is 34.5 Å². The van der Waals surface area contributed by atoms with Gasteiger partial charge in [-0.25, -0.2) is 10.9 Å². The summed E-state index contributed by atoms with van der Waals surface area (Å²) in [5, 5.41) is 7.93. The van der Waals surface area contributed by atoms with Gasteiger partial charge in [0, 0.05) is 24.0 Å². The number of hydrogen-bond acceptors (Lipinski definition) is 10. The van der Waals surface area contributed by atoms with Crippen molar-refractivity contribution >= 4 is 24.2 Å². The summed E-state index contributed by atoms with van der Waals surface area (Å²) in [5.74, 6) is 2.30. The van der Waals surface area contributed by atoms with E-state index in [1.54, 1.807) is 24.3 Å². The molecule has 0 unspecified atom stereocenters. The van der Waals surface area contributed by atoms with E-state index in [4.69, 9.17) is 28.4 Å². The summed E-state index contributed by atoms with van der Waals surface area (Å²) in [6.45, 7) is 0. The van der Waals surface area contributed by atoms with Gasteiger partial charge in [0.25, 0.3) is 0 Å². The van der Waals surface area contributed by atoms with E-state index in [1.807, 2.05) is 0 Å². The molecule has 2 N–H and O–H groups in total. The third kappa shape index (κ3) is 8.57. The van der Waals surface area contributed by atoms with Gasteiger partial charge in [-0.15, -0.1) is 0 Å². The molecule has 2 aromatic rings. The maximum absolute atomic E-state index is 12.1. The van der Waals surface area contributed by atoms with Crippen LogP contribution < -0.4 is 39.3 Å². The van der Waals surface area contributed by atoms with Crippen LogP contribution in [0.5, 0.6) is 34.5 Å². The molecule has 0 saturated carbocycles. The molecule has 0 spiro atoms. The average molecular weight is 531 g/mol. The zero-order chi connectivity index (χ0) is 27.9. The standard InChI is InChI=1S/C26H34N4O8/c1-33-19-11-17(12-20(34-2)25(19)37-5)15-27-29-23(31)9-7-8-10-24(32)30-28-16-18-13-21(35-3)26(38-6)22(14-18)36-4/h11-16H,7-10H2,1-6H3,(H,29,31)(H,30,32)/b27-15+,28-16+. The van der Waals surface area contributed by atoms with Crippen molar-refractivity contribution in [1.29, 1.82) is 0 Å². The van der Waals surface area contributed by atoms with Gasteiger partial charge in [0.1, 0.15) is 0 Å². The van der Waals surface area contributed by atoms with Crippen molar-refractivity contribution in [1.82, 2.24) is 10.9 Å². The fourth-order valence-electron chi connectivity index (χ4n) is 3.39. The predicted octanol–water partition coefficient (Wildman–Crippen LogP) is 2.90. The monoisotopic (exact) mass is 530 g/mol. The van der Waals surface area contributed by atoms with E-state index in [0.29, 0.717) is 58.5 Å². The van der Waals surface area contributed by atoms with Crippen LogP contribution in [0.1, 0.15) is 36.8 Å². The topological polar surface area (TPSA) is 138 Å². The summed E-state index contributed by atoms with van der Waals surface area (Å²) in [5.41, 5.74) is 6.24. The van der Waals surface area contributed by atoms with Crippen LogP contribution >= 0.6 is 0 Å². The number of carbonyl (C=O) groups excluding carboxylic acids is 2. The van der Waals surface area contributed by atoms with E-state index < -0.39 is 0 Å². The molecule has 12 nitrogen and oxygen atoms in total. The second-order valence-electron chi connectivity index (χ2n) is 7.71. The molecule has 2 rings (SSSR count).